The van der Waals surface area contributed by atoms with Crippen LogP contribution in [0.4, 0.5) is 14.9 Å². The van der Waals surface area contributed by atoms with E-state index < -0.39 is 11.8 Å². The number of H-pyrrole nitrogens is 1. The molecule has 0 aliphatic carbocycles. The zero-order valence-corrected chi connectivity index (χ0v) is 19.4. The molecule has 0 unspecified atom stereocenters. The van der Waals surface area contributed by atoms with Crippen LogP contribution in [-0.4, -0.2) is 22.7 Å². The van der Waals surface area contributed by atoms with Crippen molar-refractivity contribution in [3.8, 4) is 11.5 Å². The number of aromatic amines is 1. The van der Waals surface area contributed by atoms with Crippen molar-refractivity contribution in [1.29, 1.82) is 0 Å². The van der Waals surface area contributed by atoms with Crippen LogP contribution in [0.3, 0.4) is 0 Å². The molecule has 0 saturated carbocycles. The number of hydrogen-bond donors (Lipinski definition) is 2. The van der Waals surface area contributed by atoms with Gasteiger partial charge in [0.25, 0.3) is 5.56 Å². The van der Waals surface area contributed by atoms with E-state index in [9.17, 15) is 14.0 Å². The van der Waals surface area contributed by atoms with Crippen LogP contribution in [0, 0.1) is 19.7 Å². The summed E-state index contributed by atoms with van der Waals surface area (Å²) in [5.41, 5.74) is 4.26. The summed E-state index contributed by atoms with van der Waals surface area (Å²) < 4.78 is 24.2. The highest BCUT2D eigenvalue weighted by molar-refractivity contribution is 5.89. The van der Waals surface area contributed by atoms with Gasteiger partial charge in [0.15, 0.2) is 11.5 Å². The van der Waals surface area contributed by atoms with Crippen LogP contribution in [0.25, 0.3) is 10.9 Å². The Morgan fingerprint density at radius 2 is 1.71 bits per heavy atom. The van der Waals surface area contributed by atoms with E-state index in [1.165, 1.54) is 29.2 Å². The SMILES string of the molecule is Cc1ccc(C)c2[nH]c(=O)c(CN(Cc3ccc4c(c3)OCO4)C(=O)Nc3ccc(F)cc3)cc12. The normalized spacial score (nSPS) is 12.1. The van der Waals surface area contributed by atoms with Crippen molar-refractivity contribution >= 4 is 22.6 Å². The molecule has 5 rings (SSSR count). The second kappa shape index (κ2) is 9.13. The number of urea groups is 1. The number of carbonyl (C=O) groups is 1. The third kappa shape index (κ3) is 4.68. The second-order valence-electron chi connectivity index (χ2n) is 8.59. The van der Waals surface area contributed by atoms with E-state index >= 15 is 0 Å². The van der Waals surface area contributed by atoms with Gasteiger partial charge in [-0.2, -0.15) is 0 Å². The zero-order valence-electron chi connectivity index (χ0n) is 19.4. The molecule has 0 saturated heterocycles. The summed E-state index contributed by atoms with van der Waals surface area (Å²) in [5.74, 6) is 0.859. The molecule has 4 aromatic rings. The standard InChI is InChI=1S/C27H24FN3O4/c1-16-3-4-17(2)25-22(16)12-19(26(32)30-25)14-31(27(33)29-21-8-6-20(28)7-9-21)13-18-5-10-23-24(11-18)35-15-34-23/h3-12H,13-15H2,1-2H3,(H,29,33)(H,30,32). The van der Waals surface area contributed by atoms with Gasteiger partial charge in [-0.3, -0.25) is 4.79 Å². The Morgan fingerprint density at radius 3 is 2.51 bits per heavy atom. The van der Waals surface area contributed by atoms with Gasteiger partial charge in [-0.25, -0.2) is 9.18 Å². The van der Waals surface area contributed by atoms with Crippen molar-refractivity contribution in [2.24, 2.45) is 0 Å². The zero-order chi connectivity index (χ0) is 24.5. The van der Waals surface area contributed by atoms with E-state index in [1.807, 2.05) is 44.2 Å². The highest BCUT2D eigenvalue weighted by Gasteiger charge is 2.20. The van der Waals surface area contributed by atoms with Crippen LogP contribution in [0.1, 0.15) is 22.3 Å². The lowest BCUT2D eigenvalue weighted by Crippen LogP contribution is -2.35. The third-order valence-electron chi connectivity index (χ3n) is 6.07. The maximum absolute atomic E-state index is 13.3. The summed E-state index contributed by atoms with van der Waals surface area (Å²) in [5, 5.41) is 3.72. The average Bonchev–Trinajstić information content (AvgIpc) is 3.31. The van der Waals surface area contributed by atoms with Gasteiger partial charge in [0.05, 0.1) is 12.1 Å². The van der Waals surface area contributed by atoms with Crippen LogP contribution in [0.5, 0.6) is 11.5 Å². The second-order valence-corrected chi connectivity index (χ2v) is 8.59. The van der Waals surface area contributed by atoms with Crippen LogP contribution in [0.2, 0.25) is 0 Å². The van der Waals surface area contributed by atoms with E-state index in [4.69, 9.17) is 9.47 Å². The molecule has 178 valence electrons. The summed E-state index contributed by atoms with van der Waals surface area (Å²) in [4.78, 5) is 30.8. The number of nitrogens with one attached hydrogen (secondary N) is 2. The minimum Gasteiger partial charge on any atom is -0.454 e. The topological polar surface area (TPSA) is 83.7 Å². The fraction of sp³-hybridized carbons (Fsp3) is 0.185. The maximum Gasteiger partial charge on any atom is 0.322 e. The van der Waals surface area contributed by atoms with Crippen LogP contribution < -0.4 is 20.3 Å². The van der Waals surface area contributed by atoms with Gasteiger partial charge in [-0.05, 0) is 73.0 Å². The molecule has 3 aromatic carbocycles. The molecule has 0 bridgehead atoms. The predicted octanol–water partition coefficient (Wildman–Crippen LogP) is 5.25. The van der Waals surface area contributed by atoms with Crippen molar-refractivity contribution in [3.05, 3.63) is 99.1 Å². The molecule has 1 aliphatic rings. The van der Waals surface area contributed by atoms with Gasteiger partial charge >= 0.3 is 6.03 Å². The number of anilines is 1. The molecule has 0 radical (unpaired) electrons. The first kappa shape index (κ1) is 22.5. The molecule has 35 heavy (non-hydrogen) atoms. The number of rotatable bonds is 5. The minimum absolute atomic E-state index is 0.0696. The molecule has 2 N–H and O–H groups in total. The number of amides is 2. The number of aromatic nitrogens is 1. The summed E-state index contributed by atoms with van der Waals surface area (Å²) in [7, 11) is 0. The number of nitrogens with zero attached hydrogens (tertiary/aromatic N) is 1. The Kier molecular flexibility index (Phi) is 5.86. The Bertz CT molecular complexity index is 1480. The van der Waals surface area contributed by atoms with Crippen molar-refractivity contribution in [2.45, 2.75) is 26.9 Å². The number of pyridine rings is 1. The molecule has 1 aromatic heterocycles. The summed E-state index contributed by atoms with van der Waals surface area (Å²) in [6.45, 7) is 4.36. The molecule has 7 nitrogen and oxygen atoms in total. The molecule has 8 heteroatoms. The summed E-state index contributed by atoms with van der Waals surface area (Å²) in [6, 6.07) is 16.4. The number of carbonyl (C=O) groups excluding carboxylic acids is 1. The van der Waals surface area contributed by atoms with Gasteiger partial charge in [-0.1, -0.05) is 18.2 Å². The molecule has 0 spiro atoms. The predicted molar refractivity (Wildman–Crippen MR) is 131 cm³/mol. The van der Waals surface area contributed by atoms with Gasteiger partial charge in [-0.15, -0.1) is 0 Å². The maximum atomic E-state index is 13.3. The number of ether oxygens (including phenoxy) is 2. The lowest BCUT2D eigenvalue weighted by atomic mass is 10.0. The van der Waals surface area contributed by atoms with Gasteiger partial charge in [0.2, 0.25) is 6.79 Å². The van der Waals surface area contributed by atoms with Crippen LogP contribution >= 0.6 is 0 Å². The largest absolute Gasteiger partial charge is 0.454 e. The Morgan fingerprint density at radius 1 is 0.971 bits per heavy atom. The van der Waals surface area contributed by atoms with E-state index in [0.29, 0.717) is 22.7 Å². The van der Waals surface area contributed by atoms with Crippen molar-refractivity contribution in [2.75, 3.05) is 12.1 Å². The minimum atomic E-state index is -0.422. The average molecular weight is 474 g/mol. The fourth-order valence-corrected chi connectivity index (χ4v) is 4.14. The Labute approximate surface area is 201 Å². The molecular formula is C27H24FN3O4. The quantitative estimate of drug-likeness (QED) is 0.415. The van der Waals surface area contributed by atoms with Gasteiger partial charge < -0.3 is 24.7 Å². The lowest BCUT2D eigenvalue weighted by Gasteiger charge is -2.23. The Balaban J connectivity index is 1.48. The number of hydrogen-bond acceptors (Lipinski definition) is 4. The molecule has 0 atom stereocenters. The number of benzene rings is 3. The van der Waals surface area contributed by atoms with Crippen LogP contribution in [0.15, 0.2) is 65.5 Å². The van der Waals surface area contributed by atoms with Crippen molar-refractivity contribution < 1.29 is 18.7 Å². The first-order valence-electron chi connectivity index (χ1n) is 11.2. The third-order valence-corrected chi connectivity index (χ3v) is 6.07. The number of fused-ring (bicyclic) bond motifs is 2. The lowest BCUT2D eigenvalue weighted by molar-refractivity contribution is 0.174. The summed E-state index contributed by atoms with van der Waals surface area (Å²) >= 11 is 0. The first-order chi connectivity index (χ1) is 16.9. The van der Waals surface area contributed by atoms with Crippen molar-refractivity contribution in [3.63, 3.8) is 0 Å². The first-order valence-corrected chi connectivity index (χ1v) is 11.2. The van der Waals surface area contributed by atoms with Gasteiger partial charge in [0.1, 0.15) is 5.82 Å². The van der Waals surface area contributed by atoms with E-state index in [2.05, 4.69) is 10.3 Å². The summed E-state index contributed by atoms with van der Waals surface area (Å²) in [6.07, 6.45) is 0. The monoisotopic (exact) mass is 473 g/mol. The molecule has 2 heterocycles. The van der Waals surface area contributed by atoms with E-state index in [1.54, 1.807) is 6.07 Å². The van der Waals surface area contributed by atoms with Crippen molar-refractivity contribution in [1.82, 2.24) is 9.88 Å². The van der Waals surface area contributed by atoms with Gasteiger partial charge in [0, 0.05) is 23.2 Å². The number of aryl methyl sites for hydroxylation is 2. The number of halogens is 1. The molecule has 2 amide bonds. The smallest absolute Gasteiger partial charge is 0.322 e. The highest BCUT2D eigenvalue weighted by atomic mass is 19.1. The fourth-order valence-electron chi connectivity index (χ4n) is 4.14. The molecule has 0 fully saturated rings. The Hall–Kier alpha value is -4.33. The van der Waals surface area contributed by atoms with Crippen LogP contribution in [-0.2, 0) is 13.1 Å². The molecule has 1 aliphatic heterocycles. The van der Waals surface area contributed by atoms with E-state index in [0.717, 1.165) is 27.6 Å². The van der Waals surface area contributed by atoms with E-state index in [-0.39, 0.29) is 25.4 Å². The highest BCUT2D eigenvalue weighted by Crippen LogP contribution is 2.33. The molecular weight excluding hydrogens is 449 g/mol.